The molecule has 23 heavy (non-hydrogen) atoms. The Bertz CT molecular complexity index is 432. The van der Waals surface area contributed by atoms with Crippen molar-refractivity contribution < 1.29 is 0 Å². The summed E-state index contributed by atoms with van der Waals surface area (Å²) in [6.45, 7) is 14.8. The largest absolute Gasteiger partial charge is 0.372 e. The molecule has 3 nitrogen and oxygen atoms in total. The number of anilines is 1. The molecule has 0 bridgehead atoms. The van der Waals surface area contributed by atoms with Crippen LogP contribution in [0.5, 0.6) is 0 Å². The van der Waals surface area contributed by atoms with Gasteiger partial charge in [-0.1, -0.05) is 32.9 Å². The number of aryl methyl sites for hydroxylation is 1. The van der Waals surface area contributed by atoms with E-state index < -0.39 is 0 Å². The fourth-order valence-corrected chi connectivity index (χ4v) is 3.61. The molecule has 1 N–H and O–H groups in total. The molecule has 0 aliphatic carbocycles. The second kappa shape index (κ2) is 9.94. The molecule has 130 valence electrons. The molecule has 2 saturated heterocycles. The first kappa shape index (κ1) is 18.3. The lowest BCUT2D eigenvalue weighted by Crippen LogP contribution is -2.46. The third-order valence-electron chi connectivity index (χ3n) is 5.02. The lowest BCUT2D eigenvalue weighted by atomic mass is 9.95. The minimum atomic E-state index is 0.897. The highest BCUT2D eigenvalue weighted by Crippen LogP contribution is 2.24. The van der Waals surface area contributed by atoms with Crippen molar-refractivity contribution in [2.45, 2.75) is 40.0 Å². The zero-order valence-electron chi connectivity index (χ0n) is 15.4. The summed E-state index contributed by atoms with van der Waals surface area (Å²) in [4.78, 5) is 5.22. The Morgan fingerprint density at radius 3 is 2.39 bits per heavy atom. The van der Waals surface area contributed by atoms with Crippen LogP contribution in [-0.2, 0) is 6.42 Å². The Hall–Kier alpha value is -1.06. The summed E-state index contributed by atoms with van der Waals surface area (Å²) < 4.78 is 0. The van der Waals surface area contributed by atoms with E-state index in [-0.39, 0.29) is 0 Å². The molecule has 1 aromatic rings. The highest BCUT2D eigenvalue weighted by molar-refractivity contribution is 5.49. The van der Waals surface area contributed by atoms with Crippen molar-refractivity contribution in [3.8, 4) is 0 Å². The second-order valence-electron chi connectivity index (χ2n) is 6.50. The molecule has 0 aromatic heterocycles. The first-order chi connectivity index (χ1) is 11.3. The number of benzene rings is 1. The van der Waals surface area contributed by atoms with Crippen LogP contribution >= 0.6 is 0 Å². The van der Waals surface area contributed by atoms with Gasteiger partial charge in [0, 0.05) is 51.5 Å². The average Bonchev–Trinajstić information content (AvgIpc) is 2.65. The van der Waals surface area contributed by atoms with E-state index in [0.29, 0.717) is 0 Å². The minimum Gasteiger partial charge on any atom is -0.372 e. The molecule has 0 radical (unpaired) electrons. The molecular formula is C20H35N3. The molecule has 3 rings (SSSR count). The van der Waals surface area contributed by atoms with E-state index in [1.54, 1.807) is 0 Å². The van der Waals surface area contributed by atoms with Gasteiger partial charge in [-0.25, -0.2) is 0 Å². The fraction of sp³-hybridized carbons (Fsp3) is 0.700. The van der Waals surface area contributed by atoms with Crippen LogP contribution in [0.4, 0.5) is 5.69 Å². The second-order valence-corrected chi connectivity index (χ2v) is 6.50. The van der Waals surface area contributed by atoms with E-state index >= 15 is 0 Å². The number of hydrogen-bond acceptors (Lipinski definition) is 3. The maximum atomic E-state index is 3.44. The van der Waals surface area contributed by atoms with E-state index in [2.05, 4.69) is 46.3 Å². The van der Waals surface area contributed by atoms with Crippen LogP contribution in [0.2, 0.25) is 0 Å². The highest BCUT2D eigenvalue weighted by atomic mass is 15.2. The molecule has 2 fully saturated rings. The summed E-state index contributed by atoms with van der Waals surface area (Å²) >= 11 is 0. The predicted molar refractivity (Wildman–Crippen MR) is 101 cm³/mol. The van der Waals surface area contributed by atoms with Crippen molar-refractivity contribution in [1.29, 1.82) is 0 Å². The summed E-state index contributed by atoms with van der Waals surface area (Å²) in [5.41, 5.74) is 2.88. The highest BCUT2D eigenvalue weighted by Gasteiger charge is 2.22. The minimum absolute atomic E-state index is 0.897. The molecule has 0 spiro atoms. The van der Waals surface area contributed by atoms with Gasteiger partial charge in [0.15, 0.2) is 0 Å². The molecule has 2 aliphatic rings. The number of rotatable bonds is 4. The third kappa shape index (κ3) is 5.50. The lowest BCUT2D eigenvalue weighted by molar-refractivity contribution is 0.190. The summed E-state index contributed by atoms with van der Waals surface area (Å²) in [5.74, 6) is 0.897. The zero-order valence-corrected chi connectivity index (χ0v) is 15.4. The van der Waals surface area contributed by atoms with Gasteiger partial charge in [0.25, 0.3) is 0 Å². The van der Waals surface area contributed by atoms with Crippen molar-refractivity contribution in [1.82, 2.24) is 10.2 Å². The molecule has 0 saturated carbocycles. The number of nitrogens with zero attached hydrogens (tertiary/aromatic N) is 2. The smallest absolute Gasteiger partial charge is 0.0368 e. The topological polar surface area (TPSA) is 18.5 Å². The molecule has 1 aromatic carbocycles. The lowest BCUT2D eigenvalue weighted by Gasteiger charge is -2.37. The molecular weight excluding hydrogens is 282 g/mol. The molecule has 0 atom stereocenters. The van der Waals surface area contributed by atoms with Crippen LogP contribution in [0.3, 0.4) is 0 Å². The maximum absolute atomic E-state index is 3.44. The Labute approximate surface area is 143 Å². The zero-order chi connectivity index (χ0) is 16.5. The van der Waals surface area contributed by atoms with Gasteiger partial charge in [-0.3, -0.25) is 0 Å². The summed E-state index contributed by atoms with van der Waals surface area (Å²) in [7, 11) is 0. The van der Waals surface area contributed by atoms with Gasteiger partial charge in [0.05, 0.1) is 0 Å². The molecule has 0 unspecified atom stereocenters. The SMILES string of the molecule is CC.CCc1cccc(N2CCC(CN3CCNCC3)CC2)c1. The number of hydrogen-bond donors (Lipinski definition) is 1. The van der Waals surface area contributed by atoms with Crippen molar-refractivity contribution in [3.05, 3.63) is 29.8 Å². The summed E-state index contributed by atoms with van der Waals surface area (Å²) in [5, 5.41) is 3.44. The molecule has 3 heteroatoms. The number of piperidine rings is 1. The Kier molecular flexibility index (Phi) is 7.90. The van der Waals surface area contributed by atoms with E-state index in [0.717, 1.165) is 12.3 Å². The normalized spacial score (nSPS) is 20.0. The van der Waals surface area contributed by atoms with Crippen molar-refractivity contribution in [2.24, 2.45) is 5.92 Å². The van der Waals surface area contributed by atoms with Crippen LogP contribution in [0.25, 0.3) is 0 Å². The fourth-order valence-electron chi connectivity index (χ4n) is 3.61. The van der Waals surface area contributed by atoms with Crippen molar-refractivity contribution >= 4 is 5.69 Å². The monoisotopic (exact) mass is 317 g/mol. The van der Waals surface area contributed by atoms with E-state index in [1.165, 1.54) is 69.9 Å². The predicted octanol–water partition coefficient (Wildman–Crippen LogP) is 3.40. The van der Waals surface area contributed by atoms with Gasteiger partial charge in [0.1, 0.15) is 0 Å². The Morgan fingerprint density at radius 1 is 1.04 bits per heavy atom. The first-order valence-corrected chi connectivity index (χ1v) is 9.62. The van der Waals surface area contributed by atoms with Gasteiger partial charge in [-0.05, 0) is 42.9 Å². The van der Waals surface area contributed by atoms with Gasteiger partial charge >= 0.3 is 0 Å². The summed E-state index contributed by atoms with van der Waals surface area (Å²) in [6.07, 6.45) is 3.83. The first-order valence-electron chi connectivity index (χ1n) is 9.62. The quantitative estimate of drug-likeness (QED) is 0.918. The van der Waals surface area contributed by atoms with Crippen molar-refractivity contribution in [2.75, 3.05) is 50.7 Å². The molecule has 0 amide bonds. The average molecular weight is 318 g/mol. The van der Waals surface area contributed by atoms with Crippen LogP contribution < -0.4 is 10.2 Å². The number of piperazine rings is 1. The van der Waals surface area contributed by atoms with Crippen molar-refractivity contribution in [3.63, 3.8) is 0 Å². The van der Waals surface area contributed by atoms with Crippen LogP contribution in [0, 0.1) is 5.92 Å². The van der Waals surface area contributed by atoms with Gasteiger partial charge in [-0.15, -0.1) is 0 Å². The Balaban J connectivity index is 0.000000924. The van der Waals surface area contributed by atoms with Gasteiger partial charge in [0.2, 0.25) is 0 Å². The van der Waals surface area contributed by atoms with Crippen LogP contribution in [0.1, 0.15) is 39.2 Å². The van der Waals surface area contributed by atoms with E-state index in [1.807, 2.05) is 13.8 Å². The Morgan fingerprint density at radius 2 is 1.74 bits per heavy atom. The van der Waals surface area contributed by atoms with Crippen LogP contribution in [0.15, 0.2) is 24.3 Å². The maximum Gasteiger partial charge on any atom is 0.0368 e. The van der Waals surface area contributed by atoms with Gasteiger partial charge < -0.3 is 15.1 Å². The summed E-state index contributed by atoms with van der Waals surface area (Å²) in [6, 6.07) is 9.09. The van der Waals surface area contributed by atoms with Crippen LogP contribution in [-0.4, -0.2) is 50.7 Å². The number of nitrogens with one attached hydrogen (secondary N) is 1. The van der Waals surface area contributed by atoms with Gasteiger partial charge in [-0.2, -0.15) is 0 Å². The molecule has 2 heterocycles. The van der Waals surface area contributed by atoms with E-state index in [4.69, 9.17) is 0 Å². The molecule has 2 aliphatic heterocycles. The standard InChI is InChI=1S/C18H29N3.C2H6/c1-2-16-4-3-5-18(14-16)21-10-6-17(7-11-21)15-20-12-8-19-9-13-20;1-2/h3-5,14,17,19H,2,6-13,15H2,1H3;1-2H3. The third-order valence-corrected chi connectivity index (χ3v) is 5.02. The van der Waals surface area contributed by atoms with E-state index in [9.17, 15) is 0 Å².